The van der Waals surface area contributed by atoms with Crippen LogP contribution in [-0.4, -0.2) is 63.9 Å². The molecule has 0 bridgehead atoms. The molecule has 12 nitrogen and oxygen atoms in total. The summed E-state index contributed by atoms with van der Waals surface area (Å²) in [5.74, 6) is 2.22. The van der Waals surface area contributed by atoms with Gasteiger partial charge in [0.2, 0.25) is 0 Å². The number of rotatable bonds is 7. The van der Waals surface area contributed by atoms with Crippen molar-refractivity contribution in [3.05, 3.63) is 127 Å². The summed E-state index contributed by atoms with van der Waals surface area (Å²) in [6.07, 6.45) is 3.83. The van der Waals surface area contributed by atoms with Crippen molar-refractivity contribution in [1.82, 2.24) is 14.5 Å². The van der Waals surface area contributed by atoms with Gasteiger partial charge in [-0.05, 0) is 105 Å². The van der Waals surface area contributed by atoms with E-state index in [0.29, 0.717) is 18.2 Å². The van der Waals surface area contributed by atoms with Gasteiger partial charge in [-0.3, -0.25) is 9.55 Å². The van der Waals surface area contributed by atoms with Crippen molar-refractivity contribution >= 4 is 98.2 Å². The van der Waals surface area contributed by atoms with Crippen LogP contribution in [0.1, 0.15) is 115 Å². The molecule has 0 amide bonds. The van der Waals surface area contributed by atoms with Crippen LogP contribution in [0.25, 0.3) is 27.6 Å². The van der Waals surface area contributed by atoms with Crippen LogP contribution < -0.4 is 25.5 Å². The Kier molecular flexibility index (Phi) is 13.3. The van der Waals surface area contributed by atoms with E-state index in [0.717, 1.165) is 67.0 Å². The van der Waals surface area contributed by atoms with Crippen LogP contribution >= 0.6 is 0 Å². The molecule has 0 N–H and O–H groups in total. The van der Waals surface area contributed by atoms with E-state index in [2.05, 4.69) is 215 Å². The second-order valence-corrected chi connectivity index (χ2v) is 25.7. The van der Waals surface area contributed by atoms with Crippen molar-refractivity contribution in [3.8, 4) is 17.3 Å². The zero-order valence-electron chi connectivity index (χ0n) is 46.2. The normalized spacial score (nSPS) is 16.3. The first kappa shape index (κ1) is 52.0. The molecule has 0 unspecified atom stereocenters. The zero-order valence-corrected chi connectivity index (χ0v) is 46.2. The van der Waals surface area contributed by atoms with Gasteiger partial charge in [0.05, 0.1) is 40.0 Å². The number of hydrogen-bond acceptors (Lipinski definition) is 11. The van der Waals surface area contributed by atoms with Crippen LogP contribution in [0.5, 0.6) is 11.5 Å². The first-order valence-electron chi connectivity index (χ1n) is 26.1. The molecule has 74 heavy (non-hydrogen) atoms. The Morgan fingerprint density at radius 2 is 1.01 bits per heavy atom. The second-order valence-electron chi connectivity index (χ2n) is 25.7. The van der Waals surface area contributed by atoms with Crippen molar-refractivity contribution in [1.29, 1.82) is 0 Å². The Hall–Kier alpha value is -5.47. The van der Waals surface area contributed by atoms with Gasteiger partial charge in [0, 0.05) is 34.8 Å². The van der Waals surface area contributed by atoms with Crippen LogP contribution in [0.4, 0.5) is 22.7 Å². The fourth-order valence-electron chi connectivity index (χ4n) is 9.70. The molecule has 10 rings (SSSR count). The van der Waals surface area contributed by atoms with Crippen molar-refractivity contribution in [2.75, 3.05) is 16.5 Å². The third-order valence-electron chi connectivity index (χ3n) is 13.9. The SMILES string of the molecule is Cc1ncc(N2CN(c3cc(B4OB(C(C)(C)C)OB(C(C)(C)C)O4)cc(B4OB(C(C)(C)C)OB(C(C)(C)C)O4)c3)c3ccccc32)cc1Oc1ccc2c3ccccc3n(-c3cc(C(C)(C)C)ccn3)c2c1. The van der Waals surface area contributed by atoms with Crippen LogP contribution in [0, 0.1) is 6.92 Å². The van der Waals surface area contributed by atoms with Crippen LogP contribution in [0.3, 0.4) is 0 Å². The number of nitrogens with zero attached hydrogens (tertiary/aromatic N) is 5. The molecule has 3 aromatic heterocycles. The van der Waals surface area contributed by atoms with Gasteiger partial charge in [0.1, 0.15) is 18.2 Å². The van der Waals surface area contributed by atoms with Crippen molar-refractivity contribution in [2.45, 2.75) is 137 Å². The molecule has 4 aromatic carbocycles. The average molecular weight is 989 g/mol. The van der Waals surface area contributed by atoms with E-state index in [-0.39, 0.29) is 26.7 Å². The summed E-state index contributed by atoms with van der Waals surface area (Å²) in [5, 5.41) is 0.943. The molecular weight excluding hydrogens is 920 g/mol. The molecule has 6 heterocycles. The smallest absolute Gasteiger partial charge is 0.455 e. The highest BCUT2D eigenvalue weighted by molar-refractivity contribution is 6.83. The van der Waals surface area contributed by atoms with Gasteiger partial charge >= 0.3 is 42.7 Å². The molecule has 7 aromatic rings. The minimum absolute atomic E-state index is 0.0398. The number of fused-ring (bicyclic) bond motifs is 4. The first-order valence-corrected chi connectivity index (χ1v) is 26.1. The van der Waals surface area contributed by atoms with E-state index in [1.54, 1.807) is 0 Å². The van der Waals surface area contributed by atoms with E-state index < -0.39 is 42.7 Å². The lowest BCUT2D eigenvalue weighted by Gasteiger charge is -2.42. The van der Waals surface area contributed by atoms with Crippen LogP contribution in [0.15, 0.2) is 116 Å². The lowest BCUT2D eigenvalue weighted by molar-refractivity contribution is 0.250. The molecule has 0 aliphatic carbocycles. The Labute approximate surface area is 441 Å². The molecule has 2 fully saturated rings. The summed E-state index contributed by atoms with van der Waals surface area (Å²) in [7, 11) is -3.65. The summed E-state index contributed by atoms with van der Waals surface area (Å²) in [6.45, 7) is 34.6. The molecule has 3 aliphatic heterocycles. The van der Waals surface area contributed by atoms with E-state index in [4.69, 9.17) is 42.1 Å². The maximum Gasteiger partial charge on any atom is 0.466 e. The van der Waals surface area contributed by atoms with E-state index in [9.17, 15) is 0 Å². The maximum absolute atomic E-state index is 6.86. The van der Waals surface area contributed by atoms with Gasteiger partial charge in [-0.15, -0.1) is 0 Å². The molecular formula is C56H69B6N5O7. The highest BCUT2D eigenvalue weighted by Gasteiger charge is 2.53. The van der Waals surface area contributed by atoms with Crippen molar-refractivity contribution < 1.29 is 32.2 Å². The maximum atomic E-state index is 6.86. The van der Waals surface area contributed by atoms with Crippen molar-refractivity contribution in [2.24, 2.45) is 0 Å². The van der Waals surface area contributed by atoms with E-state index in [1.807, 2.05) is 25.4 Å². The Balaban J connectivity index is 1.03. The molecule has 2 saturated heterocycles. The number of anilines is 4. The van der Waals surface area contributed by atoms with E-state index in [1.165, 1.54) is 5.56 Å². The number of benzene rings is 4. The molecule has 0 saturated carbocycles. The molecule has 0 radical (unpaired) electrons. The topological polar surface area (TPSA) is 102 Å². The van der Waals surface area contributed by atoms with Gasteiger partial charge in [-0.1, -0.05) is 140 Å². The fraction of sp³-hybridized carbons (Fsp3) is 0.393. The number of aromatic nitrogens is 3. The Morgan fingerprint density at radius 3 is 1.55 bits per heavy atom. The van der Waals surface area contributed by atoms with Gasteiger partial charge in [-0.25, -0.2) is 4.98 Å². The largest absolute Gasteiger partial charge is 0.466 e. The number of aryl methyl sites for hydroxylation is 1. The summed E-state index contributed by atoms with van der Waals surface area (Å²) in [5.41, 5.74) is 9.50. The fourth-order valence-corrected chi connectivity index (χ4v) is 9.70. The summed E-state index contributed by atoms with van der Waals surface area (Å²) in [4.78, 5) is 14.4. The predicted octanol–water partition coefficient (Wildman–Crippen LogP) is 12.9. The van der Waals surface area contributed by atoms with Gasteiger partial charge in [0.15, 0.2) is 5.75 Å². The second kappa shape index (κ2) is 19.0. The van der Waals surface area contributed by atoms with Crippen LogP contribution in [0.2, 0.25) is 21.3 Å². The summed E-state index contributed by atoms with van der Waals surface area (Å²) < 4.78 is 49.3. The third kappa shape index (κ3) is 10.3. The average Bonchev–Trinajstić information content (AvgIpc) is 3.89. The number of pyridine rings is 2. The molecule has 0 atom stereocenters. The molecule has 18 heteroatoms. The number of ether oxygens (including phenoxy) is 1. The lowest BCUT2D eigenvalue weighted by atomic mass is 9.49. The predicted molar refractivity (Wildman–Crippen MR) is 308 cm³/mol. The van der Waals surface area contributed by atoms with Gasteiger partial charge in [0.25, 0.3) is 0 Å². The van der Waals surface area contributed by atoms with E-state index >= 15 is 0 Å². The molecule has 3 aliphatic rings. The van der Waals surface area contributed by atoms with Crippen molar-refractivity contribution in [3.63, 3.8) is 0 Å². The Bertz CT molecular complexity index is 3120. The third-order valence-corrected chi connectivity index (χ3v) is 13.9. The van der Waals surface area contributed by atoms with Gasteiger partial charge < -0.3 is 42.0 Å². The number of para-hydroxylation sites is 3. The standard InChI is InChI=1S/C56H69B6N5O7/c1-37-50(68-43-25-26-45-44-21-17-18-22-46(44)67(49(45)34-43)51-29-38(27-28-63-51)52(2,3)4)33-42(35-64-37)66-36-65(47-23-19-20-24-48(47)66)41-31-39(57-69-59(53(5,6)7)73-60(70-57)54(8,9)10)30-40(32-41)58-71-61(55(11,12)13)74-62(72-58)56(14,15)16/h17-35H,36H2,1-16H3. The zero-order chi connectivity index (χ0) is 52.9. The minimum atomic E-state index is -0.757. The lowest BCUT2D eigenvalue weighted by Crippen LogP contribution is -2.61. The molecule has 378 valence electrons. The summed E-state index contributed by atoms with van der Waals surface area (Å²) >= 11 is 0. The minimum Gasteiger partial charge on any atom is -0.455 e. The Morgan fingerprint density at radius 1 is 0.500 bits per heavy atom. The molecule has 0 spiro atoms. The highest BCUT2D eigenvalue weighted by Crippen LogP contribution is 2.46. The highest BCUT2D eigenvalue weighted by atomic mass is 16.7. The first-order chi connectivity index (χ1) is 34.7. The monoisotopic (exact) mass is 990 g/mol. The number of hydrogen-bond donors (Lipinski definition) is 0. The quantitative estimate of drug-likeness (QED) is 0.143. The van der Waals surface area contributed by atoms with Gasteiger partial charge in [-0.2, -0.15) is 0 Å². The van der Waals surface area contributed by atoms with Crippen LogP contribution in [-0.2, 0) is 32.8 Å². The summed E-state index contributed by atoms with van der Waals surface area (Å²) in [6, 6.07) is 36.0.